The number of hydrogen-bond acceptors (Lipinski definition) is 5. The van der Waals surface area contributed by atoms with Crippen LogP contribution in [0.1, 0.15) is 23.0 Å². The normalized spacial score (nSPS) is 11.3. The van der Waals surface area contributed by atoms with Gasteiger partial charge >= 0.3 is 0 Å². The Hall–Kier alpha value is -2.55. The summed E-state index contributed by atoms with van der Waals surface area (Å²) in [6.07, 6.45) is 1.65. The van der Waals surface area contributed by atoms with E-state index in [0.29, 0.717) is 15.7 Å². The molecule has 0 aliphatic heterocycles. The van der Waals surface area contributed by atoms with E-state index in [-0.39, 0.29) is 11.4 Å². The minimum atomic E-state index is -0.476. The van der Waals surface area contributed by atoms with Crippen LogP contribution < -0.4 is 5.43 Å². The third-order valence-electron chi connectivity index (χ3n) is 2.82. The summed E-state index contributed by atoms with van der Waals surface area (Å²) in [6, 6.07) is 5.90. The standard InChI is InChI=1S/C13H12BrN5O3/c1-8(9-3-5-10(6-4-9)19(21)22)15-16-13(20)12-11(14)7-18(2)17-12/h3-7H,1-2H3,(H,16,20). The number of nitro benzene ring substituents is 1. The summed E-state index contributed by atoms with van der Waals surface area (Å²) in [4.78, 5) is 22.1. The van der Waals surface area contributed by atoms with Gasteiger partial charge in [0.05, 0.1) is 15.1 Å². The molecule has 9 heteroatoms. The molecular weight excluding hydrogens is 354 g/mol. The number of carbonyl (C=O) groups excluding carboxylic acids is 1. The predicted molar refractivity (Wildman–Crippen MR) is 83.7 cm³/mol. The first-order chi connectivity index (χ1) is 10.4. The van der Waals surface area contributed by atoms with Crippen LogP contribution in [0.15, 0.2) is 40.0 Å². The molecule has 0 saturated carbocycles. The van der Waals surface area contributed by atoms with Crippen molar-refractivity contribution in [2.75, 3.05) is 0 Å². The van der Waals surface area contributed by atoms with Crippen molar-refractivity contribution in [3.05, 3.63) is 56.3 Å². The van der Waals surface area contributed by atoms with Gasteiger partial charge in [-0.15, -0.1) is 0 Å². The average molecular weight is 366 g/mol. The molecule has 1 heterocycles. The van der Waals surface area contributed by atoms with Gasteiger partial charge in [0.15, 0.2) is 5.69 Å². The molecule has 0 spiro atoms. The molecule has 114 valence electrons. The van der Waals surface area contributed by atoms with Gasteiger partial charge in [-0.2, -0.15) is 10.2 Å². The summed E-state index contributed by atoms with van der Waals surface area (Å²) in [5.41, 5.74) is 3.82. The number of non-ortho nitro benzene ring substituents is 1. The molecule has 1 aromatic heterocycles. The maximum Gasteiger partial charge on any atom is 0.293 e. The molecule has 0 saturated heterocycles. The van der Waals surface area contributed by atoms with Crippen molar-refractivity contribution in [3.8, 4) is 0 Å². The van der Waals surface area contributed by atoms with Gasteiger partial charge in [0.1, 0.15) is 0 Å². The Morgan fingerprint density at radius 1 is 1.41 bits per heavy atom. The first-order valence-corrected chi connectivity index (χ1v) is 6.96. The van der Waals surface area contributed by atoms with E-state index in [1.165, 1.54) is 16.8 Å². The van der Waals surface area contributed by atoms with Gasteiger partial charge in [-0.25, -0.2) is 5.43 Å². The molecule has 0 aliphatic rings. The number of hydrogen-bond donors (Lipinski definition) is 1. The van der Waals surface area contributed by atoms with E-state index in [9.17, 15) is 14.9 Å². The van der Waals surface area contributed by atoms with Crippen molar-refractivity contribution in [1.29, 1.82) is 0 Å². The fourth-order valence-corrected chi connectivity index (χ4v) is 2.25. The van der Waals surface area contributed by atoms with E-state index < -0.39 is 10.8 Å². The number of carbonyl (C=O) groups is 1. The monoisotopic (exact) mass is 365 g/mol. The van der Waals surface area contributed by atoms with Crippen molar-refractivity contribution in [1.82, 2.24) is 15.2 Å². The van der Waals surface area contributed by atoms with Gasteiger partial charge < -0.3 is 0 Å². The SMILES string of the molecule is CC(=NNC(=O)c1nn(C)cc1Br)c1ccc([N+](=O)[O-])cc1. The quantitative estimate of drug-likeness (QED) is 0.509. The van der Waals surface area contributed by atoms with Crippen molar-refractivity contribution in [2.24, 2.45) is 12.1 Å². The second-order valence-electron chi connectivity index (χ2n) is 4.44. The predicted octanol–water partition coefficient (Wildman–Crippen LogP) is 2.24. The van der Waals surface area contributed by atoms with Crippen LogP contribution in [0.25, 0.3) is 0 Å². The maximum atomic E-state index is 11.9. The number of halogens is 1. The number of rotatable bonds is 4. The van der Waals surface area contributed by atoms with Crippen molar-refractivity contribution in [2.45, 2.75) is 6.92 Å². The Morgan fingerprint density at radius 2 is 2.05 bits per heavy atom. The van der Waals surface area contributed by atoms with Crippen LogP contribution in [-0.4, -0.2) is 26.3 Å². The molecule has 1 amide bonds. The number of aryl methyl sites for hydroxylation is 1. The van der Waals surface area contributed by atoms with Gasteiger partial charge in [0.25, 0.3) is 11.6 Å². The molecule has 2 rings (SSSR count). The largest absolute Gasteiger partial charge is 0.293 e. The first kappa shape index (κ1) is 15.8. The molecule has 1 N–H and O–H groups in total. The van der Waals surface area contributed by atoms with Crippen molar-refractivity contribution < 1.29 is 9.72 Å². The molecule has 0 aliphatic carbocycles. The number of nitrogens with one attached hydrogen (secondary N) is 1. The molecule has 8 nitrogen and oxygen atoms in total. The molecule has 0 atom stereocenters. The van der Waals surface area contributed by atoms with E-state index in [4.69, 9.17) is 0 Å². The van der Waals surface area contributed by atoms with Crippen LogP contribution in [0.2, 0.25) is 0 Å². The van der Waals surface area contributed by atoms with Gasteiger partial charge in [0, 0.05) is 25.4 Å². The Bertz CT molecular complexity index is 752. The lowest BCUT2D eigenvalue weighted by Gasteiger charge is -2.02. The van der Waals surface area contributed by atoms with Crippen LogP contribution in [0.3, 0.4) is 0 Å². The summed E-state index contributed by atoms with van der Waals surface area (Å²) >= 11 is 3.23. The third kappa shape index (κ3) is 3.55. The molecular formula is C13H12BrN5O3. The number of nitrogens with zero attached hydrogens (tertiary/aromatic N) is 4. The fraction of sp³-hybridized carbons (Fsp3) is 0.154. The first-order valence-electron chi connectivity index (χ1n) is 6.17. The van der Waals surface area contributed by atoms with Crippen LogP contribution in [-0.2, 0) is 7.05 Å². The lowest BCUT2D eigenvalue weighted by Crippen LogP contribution is -2.20. The lowest BCUT2D eigenvalue weighted by atomic mass is 10.1. The van der Waals surface area contributed by atoms with E-state index in [1.54, 1.807) is 32.3 Å². The second kappa shape index (κ2) is 6.48. The number of nitro groups is 1. The Morgan fingerprint density at radius 3 is 2.55 bits per heavy atom. The molecule has 0 unspecified atom stereocenters. The van der Waals surface area contributed by atoms with E-state index in [0.717, 1.165) is 0 Å². The maximum absolute atomic E-state index is 11.9. The highest BCUT2D eigenvalue weighted by atomic mass is 79.9. The third-order valence-corrected chi connectivity index (χ3v) is 3.40. The zero-order valence-electron chi connectivity index (χ0n) is 11.8. The van der Waals surface area contributed by atoms with Gasteiger partial charge in [0.2, 0.25) is 0 Å². The van der Waals surface area contributed by atoms with E-state index in [1.807, 2.05) is 0 Å². The highest BCUT2D eigenvalue weighted by Gasteiger charge is 2.14. The number of amides is 1. The number of hydrazone groups is 1. The highest BCUT2D eigenvalue weighted by Crippen LogP contribution is 2.14. The summed E-state index contributed by atoms with van der Waals surface area (Å²) in [7, 11) is 1.70. The summed E-state index contributed by atoms with van der Waals surface area (Å²) in [6.45, 7) is 1.69. The molecule has 0 fully saturated rings. The molecule has 22 heavy (non-hydrogen) atoms. The summed E-state index contributed by atoms with van der Waals surface area (Å²) in [5.74, 6) is -0.450. The van der Waals surface area contributed by atoms with Crippen molar-refractivity contribution >= 4 is 33.2 Å². The Balaban J connectivity index is 2.10. The highest BCUT2D eigenvalue weighted by molar-refractivity contribution is 9.10. The summed E-state index contributed by atoms with van der Waals surface area (Å²) < 4.78 is 2.07. The molecule has 0 bridgehead atoms. The van der Waals surface area contributed by atoms with Crippen LogP contribution in [0.5, 0.6) is 0 Å². The Labute approximate surface area is 134 Å². The molecule has 1 aromatic carbocycles. The number of benzene rings is 1. The van der Waals surface area contributed by atoms with Crippen LogP contribution in [0, 0.1) is 10.1 Å². The van der Waals surface area contributed by atoms with Gasteiger partial charge in [-0.05, 0) is 40.5 Å². The van der Waals surface area contributed by atoms with Crippen molar-refractivity contribution in [3.63, 3.8) is 0 Å². The second-order valence-corrected chi connectivity index (χ2v) is 5.30. The minimum absolute atomic E-state index is 0.00185. The van der Waals surface area contributed by atoms with Gasteiger partial charge in [-0.3, -0.25) is 19.6 Å². The summed E-state index contributed by atoms with van der Waals surface area (Å²) in [5, 5.41) is 18.6. The fourth-order valence-electron chi connectivity index (χ4n) is 1.69. The van der Waals surface area contributed by atoms with Crippen LogP contribution >= 0.6 is 15.9 Å². The smallest absolute Gasteiger partial charge is 0.274 e. The Kier molecular flexibility index (Phi) is 4.66. The zero-order valence-corrected chi connectivity index (χ0v) is 13.4. The molecule has 2 aromatic rings. The topological polar surface area (TPSA) is 102 Å². The molecule has 0 radical (unpaired) electrons. The average Bonchev–Trinajstić information content (AvgIpc) is 2.83. The van der Waals surface area contributed by atoms with E-state index >= 15 is 0 Å². The zero-order chi connectivity index (χ0) is 16.3. The van der Waals surface area contributed by atoms with Crippen LogP contribution in [0.4, 0.5) is 5.69 Å². The van der Waals surface area contributed by atoms with E-state index in [2.05, 4.69) is 31.6 Å². The van der Waals surface area contributed by atoms with Gasteiger partial charge in [-0.1, -0.05) is 0 Å². The lowest BCUT2D eigenvalue weighted by molar-refractivity contribution is -0.384. The minimum Gasteiger partial charge on any atom is -0.274 e. The number of aromatic nitrogens is 2.